The van der Waals surface area contributed by atoms with Gasteiger partial charge in [0.1, 0.15) is 24.2 Å². The first-order chi connectivity index (χ1) is 22.4. The third-order valence-electron chi connectivity index (χ3n) is 6.47. The number of rotatable bonds is 9. The molecule has 0 spiro atoms. The number of hydrogen-bond donors (Lipinski definition) is 2. The number of carbonyl (C=O) groups excluding carboxylic acids is 1. The van der Waals surface area contributed by atoms with Crippen LogP contribution >= 0.6 is 11.6 Å². The summed E-state index contributed by atoms with van der Waals surface area (Å²) in [5.41, 5.74) is 3.27. The van der Waals surface area contributed by atoms with Crippen molar-refractivity contribution in [3.63, 3.8) is 0 Å². The molecule has 1 aliphatic heterocycles. The second kappa shape index (κ2) is 20.4. The summed E-state index contributed by atoms with van der Waals surface area (Å²) in [6.07, 6.45) is 7.18. The molecule has 3 heterocycles. The number of halogens is 1. The molecule has 2 aromatic heterocycles. The van der Waals surface area contributed by atoms with Crippen molar-refractivity contribution in [1.29, 1.82) is 5.26 Å². The topological polar surface area (TPSA) is 112 Å². The van der Waals surface area contributed by atoms with Crippen molar-refractivity contribution in [2.75, 3.05) is 37.4 Å². The van der Waals surface area contributed by atoms with Crippen LogP contribution in [0.1, 0.15) is 58.7 Å². The quantitative estimate of drug-likeness (QED) is 0.174. The van der Waals surface area contributed by atoms with E-state index in [1.165, 1.54) is 38.2 Å². The molecule has 5 rings (SSSR count). The molecule has 0 radical (unpaired) electrons. The molecule has 2 aromatic carbocycles. The number of nitrogens with zero attached hydrogens (tertiary/aromatic N) is 4. The van der Waals surface area contributed by atoms with Crippen LogP contribution in [-0.4, -0.2) is 47.5 Å². The van der Waals surface area contributed by atoms with Crippen LogP contribution < -0.4 is 20.1 Å². The lowest BCUT2D eigenvalue weighted by atomic mass is 10.1. The summed E-state index contributed by atoms with van der Waals surface area (Å²) in [5.74, 6) is 0.576. The van der Waals surface area contributed by atoms with Crippen LogP contribution in [0.3, 0.4) is 0 Å². The Labute approximate surface area is 278 Å². The van der Waals surface area contributed by atoms with E-state index in [9.17, 15) is 10.1 Å². The van der Waals surface area contributed by atoms with E-state index < -0.39 is 0 Å². The highest BCUT2D eigenvalue weighted by molar-refractivity contribution is 6.32. The molecule has 1 amide bonds. The fourth-order valence-electron chi connectivity index (χ4n) is 4.35. The molecule has 2 N–H and O–H groups in total. The number of ether oxygens (including phenoxy) is 2. The van der Waals surface area contributed by atoms with E-state index in [2.05, 4.69) is 45.2 Å². The van der Waals surface area contributed by atoms with Crippen LogP contribution in [0.25, 0.3) is 10.9 Å². The van der Waals surface area contributed by atoms with Crippen molar-refractivity contribution < 1.29 is 14.3 Å². The van der Waals surface area contributed by atoms with Gasteiger partial charge in [0.05, 0.1) is 39.8 Å². The minimum absolute atomic E-state index is 0.280. The average molecular weight is 645 g/mol. The molecule has 9 nitrogen and oxygen atoms in total. The maximum Gasteiger partial charge on any atom is 0.247 e. The Hall–Kier alpha value is -4.65. The Morgan fingerprint density at radius 3 is 2.37 bits per heavy atom. The van der Waals surface area contributed by atoms with Crippen LogP contribution in [0, 0.1) is 11.3 Å². The van der Waals surface area contributed by atoms with E-state index in [1.807, 2.05) is 52.8 Å². The predicted octanol–water partition coefficient (Wildman–Crippen LogP) is 8.77. The van der Waals surface area contributed by atoms with E-state index in [0.29, 0.717) is 56.7 Å². The second-order valence-corrected chi connectivity index (χ2v) is 9.95. The molecule has 0 saturated carbocycles. The fourth-order valence-corrected chi connectivity index (χ4v) is 4.58. The van der Waals surface area contributed by atoms with Gasteiger partial charge in [-0.2, -0.15) is 5.26 Å². The molecule has 46 heavy (non-hydrogen) atoms. The van der Waals surface area contributed by atoms with Gasteiger partial charge < -0.3 is 25.0 Å². The first kappa shape index (κ1) is 37.5. The number of benzene rings is 2. The molecular formula is C36H45ClN6O3. The van der Waals surface area contributed by atoms with Gasteiger partial charge in [0.2, 0.25) is 5.91 Å². The van der Waals surface area contributed by atoms with Crippen LogP contribution in [0.4, 0.5) is 17.1 Å². The summed E-state index contributed by atoms with van der Waals surface area (Å²) in [5, 5.41) is 16.8. The van der Waals surface area contributed by atoms with Gasteiger partial charge in [0.15, 0.2) is 0 Å². The molecule has 0 atom stereocenters. The smallest absolute Gasteiger partial charge is 0.247 e. The molecule has 4 aromatic rings. The van der Waals surface area contributed by atoms with Crippen molar-refractivity contribution in [3.8, 4) is 17.6 Å². The van der Waals surface area contributed by atoms with Crippen molar-refractivity contribution in [1.82, 2.24) is 14.9 Å². The van der Waals surface area contributed by atoms with Crippen molar-refractivity contribution in [2.24, 2.45) is 0 Å². The zero-order chi connectivity index (χ0) is 33.9. The van der Waals surface area contributed by atoms with Gasteiger partial charge in [0.25, 0.3) is 0 Å². The molecule has 1 fully saturated rings. The Kier molecular flexibility index (Phi) is 16.6. The molecule has 1 aliphatic rings. The van der Waals surface area contributed by atoms with Crippen LogP contribution in [0.5, 0.6) is 11.5 Å². The summed E-state index contributed by atoms with van der Waals surface area (Å²) in [6.45, 7) is 16.7. The normalized spacial score (nSPS) is 11.7. The summed E-state index contributed by atoms with van der Waals surface area (Å²) in [4.78, 5) is 23.0. The number of pyridine rings is 2. The summed E-state index contributed by atoms with van der Waals surface area (Å²) in [6, 6.07) is 16.4. The van der Waals surface area contributed by atoms with Gasteiger partial charge in [-0.25, -0.2) is 0 Å². The second-order valence-electron chi connectivity index (χ2n) is 9.54. The number of amides is 1. The molecule has 1 saturated heterocycles. The minimum Gasteiger partial charge on any atom is -0.492 e. The van der Waals surface area contributed by atoms with Crippen molar-refractivity contribution in [2.45, 2.75) is 54.1 Å². The molecule has 244 valence electrons. The predicted molar refractivity (Wildman–Crippen MR) is 189 cm³/mol. The number of fused-ring (bicyclic) bond motifs is 1. The zero-order valence-corrected chi connectivity index (χ0v) is 28.4. The summed E-state index contributed by atoms with van der Waals surface area (Å²) >= 11 is 6.47. The Morgan fingerprint density at radius 2 is 1.80 bits per heavy atom. The first-order valence-corrected chi connectivity index (χ1v) is 16.0. The summed E-state index contributed by atoms with van der Waals surface area (Å²) < 4.78 is 11.5. The van der Waals surface area contributed by atoms with E-state index in [-0.39, 0.29) is 12.5 Å². The van der Waals surface area contributed by atoms with E-state index >= 15 is 0 Å². The van der Waals surface area contributed by atoms with Crippen molar-refractivity contribution in [3.05, 3.63) is 89.9 Å². The van der Waals surface area contributed by atoms with E-state index in [1.54, 1.807) is 36.5 Å². The number of hydrogen-bond acceptors (Lipinski definition) is 8. The van der Waals surface area contributed by atoms with Gasteiger partial charge >= 0.3 is 0 Å². The lowest BCUT2D eigenvalue weighted by Crippen LogP contribution is -2.10. The Balaban J connectivity index is 0.000000642. The van der Waals surface area contributed by atoms with Crippen molar-refractivity contribution >= 4 is 45.5 Å². The lowest BCUT2D eigenvalue weighted by Gasteiger charge is -2.16. The third-order valence-corrected chi connectivity index (χ3v) is 6.76. The number of anilines is 3. The number of nitriles is 1. The highest BCUT2D eigenvalue weighted by Gasteiger charge is 2.16. The zero-order valence-electron chi connectivity index (χ0n) is 27.7. The molecule has 0 aliphatic carbocycles. The molecular weight excluding hydrogens is 600 g/mol. The van der Waals surface area contributed by atoms with Gasteiger partial charge in [-0.1, -0.05) is 51.9 Å². The largest absolute Gasteiger partial charge is 0.492 e. The highest BCUT2D eigenvalue weighted by atomic mass is 35.5. The van der Waals surface area contributed by atoms with E-state index in [4.69, 9.17) is 21.1 Å². The Bertz CT molecular complexity index is 1580. The standard InChI is InChI=1S/C27H22ClN5O3.C5H11N.2C2H6/c1-3-26(34)33-23-12-20-22(13-25(23)35-4-2)31-15-17(14-29)27(20)32-18-8-9-24(21(28)11-18)36-16-19-7-5-6-10-30-19;1-6-4-2-3-5-6;2*1-2/h3,5-13,15H,1,4,16H2,2H3,(H,31,32)(H,33,34);2-5H2,1H3;2*1-2H3. The average Bonchev–Trinajstić information content (AvgIpc) is 3.58. The SMILES string of the molecule is C=CC(=O)Nc1cc2c(Nc3ccc(OCc4ccccn4)c(Cl)c3)c(C#N)cnc2cc1OCC.CC.CC.CN1CCCC1. The first-order valence-electron chi connectivity index (χ1n) is 15.6. The van der Waals surface area contributed by atoms with Crippen LogP contribution in [-0.2, 0) is 11.4 Å². The third kappa shape index (κ3) is 11.1. The van der Waals surface area contributed by atoms with Gasteiger partial charge in [-0.3, -0.25) is 14.8 Å². The van der Waals surface area contributed by atoms with Gasteiger partial charge in [-0.05, 0) is 82.4 Å². The maximum absolute atomic E-state index is 12.0. The number of aromatic nitrogens is 2. The maximum atomic E-state index is 12.0. The van der Waals surface area contributed by atoms with E-state index in [0.717, 1.165) is 5.69 Å². The number of likely N-dealkylation sites (tertiary alicyclic amines) is 1. The molecule has 10 heteroatoms. The highest BCUT2D eigenvalue weighted by Crippen LogP contribution is 2.37. The fraction of sp³-hybridized carbons (Fsp3) is 0.333. The van der Waals surface area contributed by atoms with Crippen LogP contribution in [0.2, 0.25) is 5.02 Å². The van der Waals surface area contributed by atoms with Gasteiger partial charge in [0, 0.05) is 29.5 Å². The summed E-state index contributed by atoms with van der Waals surface area (Å²) in [7, 11) is 2.17. The minimum atomic E-state index is -0.387. The van der Waals surface area contributed by atoms with Gasteiger partial charge in [-0.15, -0.1) is 0 Å². The number of nitrogens with one attached hydrogen (secondary N) is 2. The molecule has 0 bridgehead atoms. The monoisotopic (exact) mass is 644 g/mol. The van der Waals surface area contributed by atoms with Crippen LogP contribution in [0.15, 0.2) is 73.6 Å². The Morgan fingerprint density at radius 1 is 1.07 bits per heavy atom. The lowest BCUT2D eigenvalue weighted by molar-refractivity contribution is -0.111. The molecule has 0 unspecified atom stereocenters. The number of carbonyl (C=O) groups is 1.